The Morgan fingerprint density at radius 2 is 1.86 bits per heavy atom. The summed E-state index contributed by atoms with van der Waals surface area (Å²) in [6, 6.07) is 4.22. The zero-order valence-corrected chi connectivity index (χ0v) is 28.8. The molecular weight excluding hydrogens is 723 g/mol. The van der Waals surface area contributed by atoms with Crippen LogP contribution in [-0.4, -0.2) is 70.1 Å². The van der Waals surface area contributed by atoms with Gasteiger partial charge in [-0.15, -0.1) is 0 Å². The lowest BCUT2D eigenvalue weighted by Gasteiger charge is -2.31. The molecule has 8 N–H and O–H groups in total. The topological polar surface area (TPSA) is 328 Å². The Morgan fingerprint density at radius 3 is 2.45 bits per heavy atom. The molecule has 0 aliphatic carbocycles. The van der Waals surface area contributed by atoms with Crippen molar-refractivity contribution in [2.24, 2.45) is 5.41 Å². The number of fused-ring (bicyclic) bond motifs is 1. The zero-order valence-electron chi connectivity index (χ0n) is 26.1. The van der Waals surface area contributed by atoms with Crippen molar-refractivity contribution < 1.29 is 70.7 Å². The first-order valence-electron chi connectivity index (χ1n) is 14.0. The van der Waals surface area contributed by atoms with Gasteiger partial charge in [0.05, 0.1) is 48.4 Å². The van der Waals surface area contributed by atoms with E-state index in [2.05, 4.69) is 23.1 Å². The quantitative estimate of drug-likeness (QED) is 0.0705. The van der Waals surface area contributed by atoms with Gasteiger partial charge in [0, 0.05) is 24.2 Å². The van der Waals surface area contributed by atoms with Gasteiger partial charge in [-0.2, -0.15) is 13.6 Å². The molecule has 1 aromatic carbocycles. The molecule has 272 valence electrons. The van der Waals surface area contributed by atoms with E-state index >= 15 is 0 Å². The second-order valence-corrected chi connectivity index (χ2v) is 16.2. The van der Waals surface area contributed by atoms with Gasteiger partial charge in [-0.05, 0) is 17.5 Å². The van der Waals surface area contributed by atoms with Gasteiger partial charge in [0.2, 0.25) is 5.95 Å². The number of phosphoric acid groups is 3. The average molecular weight is 757 g/mol. The summed E-state index contributed by atoms with van der Waals surface area (Å²) in [6.45, 7) is 4.19. The number of anilines is 1. The van der Waals surface area contributed by atoms with Crippen LogP contribution in [0, 0.1) is 15.5 Å². The monoisotopic (exact) mass is 757 g/mol. The Kier molecular flexibility index (Phi) is 11.3. The fourth-order valence-electron chi connectivity index (χ4n) is 5.10. The number of hydrogen-bond acceptors (Lipinski definition) is 15. The molecule has 6 atom stereocenters. The molecule has 49 heavy (non-hydrogen) atoms. The Bertz CT molecular complexity index is 1920. The van der Waals surface area contributed by atoms with Crippen LogP contribution in [0.4, 0.5) is 11.6 Å². The van der Waals surface area contributed by atoms with Crippen molar-refractivity contribution in [2.45, 2.75) is 58.3 Å². The summed E-state index contributed by atoms with van der Waals surface area (Å²) in [7, 11) is -15.5. The number of aliphatic hydroxyl groups excluding tert-OH is 1. The molecule has 0 spiro atoms. The second-order valence-electron chi connectivity index (χ2n) is 11.8. The highest BCUT2D eigenvalue weighted by Gasteiger charge is 2.43. The number of nitrogens with two attached hydrogens (primary N) is 1. The van der Waals surface area contributed by atoms with Crippen LogP contribution in [0.3, 0.4) is 0 Å². The van der Waals surface area contributed by atoms with E-state index in [1.807, 2.05) is 0 Å². The van der Waals surface area contributed by atoms with Crippen LogP contribution >= 0.6 is 23.5 Å². The molecule has 25 heteroatoms. The van der Waals surface area contributed by atoms with Crippen molar-refractivity contribution in [3.8, 4) is 5.75 Å². The average Bonchev–Trinajstić information content (AvgIpc) is 3.48. The maximum Gasteiger partial charge on any atom is 0.490 e. The Labute approximate surface area is 276 Å². The van der Waals surface area contributed by atoms with E-state index < -0.39 is 70.5 Å². The van der Waals surface area contributed by atoms with Crippen LogP contribution in [0.25, 0.3) is 11.0 Å². The summed E-state index contributed by atoms with van der Waals surface area (Å²) < 4.78 is 65.2. The lowest BCUT2D eigenvalue weighted by molar-refractivity contribution is -0.386. The van der Waals surface area contributed by atoms with Crippen LogP contribution in [0.2, 0.25) is 0 Å². The molecule has 2 aromatic heterocycles. The molecule has 1 aliphatic heterocycles. The Balaban J connectivity index is 1.60. The largest absolute Gasteiger partial charge is 0.497 e. The lowest BCUT2D eigenvalue weighted by Crippen LogP contribution is -2.26. The number of nitrogen functional groups attached to an aromatic ring is 1. The maximum absolute atomic E-state index is 13.1. The summed E-state index contributed by atoms with van der Waals surface area (Å²) in [6.07, 6.45) is -3.56. The van der Waals surface area contributed by atoms with Crippen molar-refractivity contribution in [3.63, 3.8) is 0 Å². The number of ether oxygens (including phenoxy) is 3. The number of aromatic amines is 1. The SMILES string of the molecule is COc1ccc([N+](=O)[O-])c([C@@H](OCc2cn([C@H]3C[C@@H](O)[C@@H](COP(=O)(O)OP(=O)(O)OP(=O)(O)O)O3)c3nc(N)[nH]c(=O)c23)C(C)(C)C)c1. The van der Waals surface area contributed by atoms with Gasteiger partial charge in [0.1, 0.15) is 18.1 Å². The van der Waals surface area contributed by atoms with Gasteiger partial charge in [0.25, 0.3) is 11.2 Å². The third kappa shape index (κ3) is 9.59. The van der Waals surface area contributed by atoms with Crippen molar-refractivity contribution in [1.29, 1.82) is 0 Å². The van der Waals surface area contributed by atoms with E-state index in [-0.39, 0.29) is 46.8 Å². The van der Waals surface area contributed by atoms with Crippen molar-refractivity contribution >= 4 is 46.1 Å². The number of nitrogens with one attached hydrogen (secondary N) is 1. The first kappa shape index (κ1) is 38.7. The number of phosphoric ester groups is 1. The van der Waals surface area contributed by atoms with Crippen LogP contribution in [-0.2, 0) is 42.9 Å². The van der Waals surface area contributed by atoms with E-state index in [1.54, 1.807) is 20.8 Å². The van der Waals surface area contributed by atoms with Crippen LogP contribution in [0.1, 0.15) is 50.7 Å². The summed E-state index contributed by atoms with van der Waals surface area (Å²) in [5.41, 5.74) is 4.66. The number of rotatable bonds is 14. The molecule has 1 aliphatic rings. The van der Waals surface area contributed by atoms with Gasteiger partial charge in [-0.1, -0.05) is 20.8 Å². The zero-order chi connectivity index (χ0) is 36.7. The predicted molar refractivity (Wildman–Crippen MR) is 166 cm³/mol. The standard InChI is InChI=1S/C24H34N5O17P3/c1-24(2,3)20(14-7-13(41-4)5-6-15(14)29(32)33)42-10-12-9-28(21-19(12)22(31)27-23(25)26-21)18-8-16(30)17(44-18)11-43-48(37,38)46-49(39,40)45-47(34,35)36/h5-7,9,16-18,20,30H,8,10-11H2,1-4H3,(H,37,38)(H,39,40)(H2,34,35,36)(H3,25,26,27,31)/t16-,17-,18-,20-/m1/s1. The minimum absolute atomic E-state index is 0.00902. The van der Waals surface area contributed by atoms with E-state index in [4.69, 9.17) is 29.7 Å². The van der Waals surface area contributed by atoms with E-state index in [9.17, 15) is 43.5 Å². The third-order valence-electron chi connectivity index (χ3n) is 7.02. The number of aliphatic hydroxyl groups is 1. The minimum Gasteiger partial charge on any atom is -0.497 e. The van der Waals surface area contributed by atoms with E-state index in [0.717, 1.165) is 0 Å². The highest BCUT2D eigenvalue weighted by atomic mass is 31.3. The number of hydrogen-bond donors (Lipinski definition) is 7. The van der Waals surface area contributed by atoms with Crippen LogP contribution in [0.15, 0.2) is 29.2 Å². The van der Waals surface area contributed by atoms with Gasteiger partial charge in [0.15, 0.2) is 5.65 Å². The number of methoxy groups -OCH3 is 1. The molecule has 0 amide bonds. The van der Waals surface area contributed by atoms with E-state index in [0.29, 0.717) is 5.75 Å². The number of nitro groups is 1. The van der Waals surface area contributed by atoms with Crippen LogP contribution in [0.5, 0.6) is 5.75 Å². The molecule has 0 saturated carbocycles. The third-order valence-corrected chi connectivity index (χ3v) is 10.8. The minimum atomic E-state index is -5.78. The molecule has 1 saturated heterocycles. The lowest BCUT2D eigenvalue weighted by atomic mass is 9.83. The number of aromatic nitrogens is 3. The molecule has 3 heterocycles. The highest BCUT2D eigenvalue weighted by molar-refractivity contribution is 7.66. The molecule has 1 fully saturated rings. The summed E-state index contributed by atoms with van der Waals surface area (Å²) >= 11 is 0. The second kappa shape index (κ2) is 14.3. The fourth-order valence-corrected chi connectivity index (χ4v) is 8.13. The first-order valence-corrected chi connectivity index (χ1v) is 18.5. The van der Waals surface area contributed by atoms with Crippen LogP contribution < -0.4 is 16.0 Å². The molecular formula is C24H34N5O17P3. The van der Waals surface area contributed by atoms with E-state index in [1.165, 1.54) is 36.1 Å². The molecule has 22 nitrogen and oxygen atoms in total. The van der Waals surface area contributed by atoms with Crippen molar-refractivity contribution in [2.75, 3.05) is 19.5 Å². The molecule has 3 aromatic rings. The predicted octanol–water partition coefficient (Wildman–Crippen LogP) is 2.52. The molecule has 2 unspecified atom stereocenters. The number of benzene rings is 1. The van der Waals surface area contributed by atoms with Gasteiger partial charge < -0.3 is 49.2 Å². The summed E-state index contributed by atoms with van der Waals surface area (Å²) in [5.74, 6) is 0.0808. The number of nitrogens with zero attached hydrogens (tertiary/aromatic N) is 3. The normalized spacial score (nSPS) is 21.7. The van der Waals surface area contributed by atoms with Gasteiger partial charge >= 0.3 is 23.5 Å². The molecule has 0 bridgehead atoms. The first-order chi connectivity index (χ1) is 22.5. The smallest absolute Gasteiger partial charge is 0.490 e. The maximum atomic E-state index is 13.1. The van der Waals surface area contributed by atoms with Crippen molar-refractivity contribution in [3.05, 3.63) is 56.0 Å². The summed E-state index contributed by atoms with van der Waals surface area (Å²) in [5, 5.41) is 22.5. The Morgan fingerprint density at radius 1 is 1.18 bits per heavy atom. The number of H-pyrrole nitrogens is 1. The summed E-state index contributed by atoms with van der Waals surface area (Å²) in [4.78, 5) is 67.5. The Hall–Kier alpha value is -3.07. The fraction of sp³-hybridized carbons (Fsp3) is 0.500. The molecule has 0 radical (unpaired) electrons. The van der Waals surface area contributed by atoms with Crippen molar-refractivity contribution in [1.82, 2.24) is 14.5 Å². The number of nitro benzene ring substituents is 1. The van der Waals surface area contributed by atoms with Gasteiger partial charge in [-0.25, -0.2) is 13.7 Å². The molecule has 4 rings (SSSR count). The van der Waals surface area contributed by atoms with Gasteiger partial charge in [-0.3, -0.25) is 24.4 Å². The highest BCUT2D eigenvalue weighted by Crippen LogP contribution is 2.66.